The average molecular weight is 426 g/mol. The van der Waals surface area contributed by atoms with E-state index in [0.29, 0.717) is 0 Å². The summed E-state index contributed by atoms with van der Waals surface area (Å²) >= 11 is 0. The molecule has 2 aliphatic heterocycles. The topological polar surface area (TPSA) is 174 Å². The second kappa shape index (κ2) is 11.1. The second-order valence-electron chi connectivity index (χ2n) is 6.38. The fourth-order valence-electron chi connectivity index (χ4n) is 3.27. The van der Waals surface area contributed by atoms with Crippen LogP contribution < -0.4 is 10.4 Å². The number of carbonyl (C=O) groups is 2. The van der Waals surface area contributed by atoms with Gasteiger partial charge >= 0.3 is 0 Å². The minimum atomic E-state index is -1.54. The molecular weight excluding hydrogens is 398 g/mol. The highest BCUT2D eigenvalue weighted by Crippen LogP contribution is 2.30. The average Bonchev–Trinajstić information content (AvgIpc) is 2.66. The molecule has 2 aliphatic rings. The summed E-state index contributed by atoms with van der Waals surface area (Å²) in [5.74, 6) is -0.465. The van der Waals surface area contributed by atoms with Crippen molar-refractivity contribution in [1.29, 1.82) is 0 Å². The van der Waals surface area contributed by atoms with Gasteiger partial charge in [0, 0.05) is 29.0 Å². The van der Waals surface area contributed by atoms with Gasteiger partial charge in [-0.2, -0.15) is 0 Å². The van der Waals surface area contributed by atoms with Crippen molar-refractivity contribution in [2.45, 2.75) is 69.0 Å². The first-order chi connectivity index (χ1) is 13.9. The van der Waals surface area contributed by atoms with Gasteiger partial charge in [0.05, 0.1) is 6.10 Å². The molecule has 2 saturated heterocycles. The van der Waals surface area contributed by atoms with E-state index in [1.165, 1.54) is 21.1 Å². The number of amides is 1. The molecule has 0 aromatic carbocycles. The molecule has 2 rings (SSSR count). The largest absolute Gasteiger partial charge is 0.834 e. The lowest BCUT2D eigenvalue weighted by Gasteiger charge is -2.46. The molecule has 6 unspecified atom stereocenters. The molecule has 0 aromatic rings. The number of rotatable bonds is 9. The molecule has 170 valence electrons. The smallest absolute Gasteiger partial charge is 0.295 e. The van der Waals surface area contributed by atoms with Crippen LogP contribution in [0, 0.1) is 0 Å². The number of methoxy groups -OCH3 is 2. The van der Waals surface area contributed by atoms with Gasteiger partial charge in [0.15, 0.2) is 18.9 Å². The number of aliphatic hydroxyl groups excluding tert-OH is 2. The highest BCUT2D eigenvalue weighted by Gasteiger charge is 2.50. The zero-order chi connectivity index (χ0) is 21.6. The van der Waals surface area contributed by atoms with E-state index in [1.54, 1.807) is 0 Å². The molecule has 9 atom stereocenters. The Morgan fingerprint density at radius 2 is 1.93 bits per heavy atom. The Labute approximate surface area is 168 Å². The molecule has 0 saturated carbocycles. The van der Waals surface area contributed by atoms with Gasteiger partial charge in [0.1, 0.15) is 24.4 Å². The normalized spacial score (nSPS) is 40.3. The van der Waals surface area contributed by atoms with E-state index in [1.807, 2.05) is 0 Å². The Balaban J connectivity index is 0.00000450. The van der Waals surface area contributed by atoms with Crippen LogP contribution in [0.3, 0.4) is 0 Å². The molecule has 0 aliphatic carbocycles. The zero-order valence-corrected chi connectivity index (χ0v) is 16.2. The number of ether oxygens (including phenoxy) is 7. The van der Waals surface area contributed by atoms with Crippen LogP contribution in [0.25, 0.3) is 0 Å². The maximum Gasteiger partial charge on any atom is 0.295 e. The number of hydrogen-bond donors (Lipinski definition) is 3. The first-order valence-corrected chi connectivity index (χ1v) is 8.80. The Kier molecular flexibility index (Phi) is 9.13. The first kappa shape index (κ1) is 23.9. The molecule has 29 heavy (non-hydrogen) atoms. The monoisotopic (exact) mass is 426 g/mol. The highest BCUT2D eigenvalue weighted by atomic mass is 16.8. The molecule has 0 radical (unpaired) electrons. The van der Waals surface area contributed by atoms with Crippen molar-refractivity contribution >= 4 is 12.4 Å². The molecule has 13 nitrogen and oxygen atoms in total. The van der Waals surface area contributed by atoms with Crippen LogP contribution in [-0.4, -0.2) is 99.2 Å². The first-order valence-electron chi connectivity index (χ1n) is 8.80. The summed E-state index contributed by atoms with van der Waals surface area (Å²) in [6.45, 7) is 0.379. The van der Waals surface area contributed by atoms with Crippen molar-refractivity contribution < 1.29 is 59.5 Å². The van der Waals surface area contributed by atoms with Crippen molar-refractivity contribution in [3.8, 4) is 0 Å². The van der Waals surface area contributed by atoms with Crippen molar-refractivity contribution in [2.24, 2.45) is 0 Å². The Morgan fingerprint density at radius 3 is 2.48 bits per heavy atom. The SMILES string of the molecule is COC1OC(OC=O)[C@@H](O)C(OC2CC(O)[C@H](OC)C(OC[O-])O2)[C@@H]1NC(C)=O.[HH]. The predicted octanol–water partition coefficient (Wildman–Crippen LogP) is -3.23. The summed E-state index contributed by atoms with van der Waals surface area (Å²) in [6, 6.07) is -1.02. The third kappa shape index (κ3) is 5.81. The van der Waals surface area contributed by atoms with Gasteiger partial charge in [0.25, 0.3) is 6.47 Å². The van der Waals surface area contributed by atoms with Crippen molar-refractivity contribution in [3.63, 3.8) is 0 Å². The predicted molar refractivity (Wildman–Crippen MR) is 89.5 cm³/mol. The quantitative estimate of drug-likeness (QED) is 0.249. The molecule has 2 fully saturated rings. The maximum atomic E-state index is 11.6. The van der Waals surface area contributed by atoms with Gasteiger partial charge in [-0.15, -0.1) is 0 Å². The lowest BCUT2D eigenvalue weighted by atomic mass is 10.00. The summed E-state index contributed by atoms with van der Waals surface area (Å²) < 4.78 is 36.5. The van der Waals surface area contributed by atoms with E-state index >= 15 is 0 Å². The highest BCUT2D eigenvalue weighted by molar-refractivity contribution is 5.73. The van der Waals surface area contributed by atoms with Gasteiger partial charge in [-0.1, -0.05) is 0 Å². The maximum absolute atomic E-state index is 11.6. The number of hydrogen-bond acceptors (Lipinski definition) is 12. The Morgan fingerprint density at radius 1 is 1.21 bits per heavy atom. The van der Waals surface area contributed by atoms with Crippen molar-refractivity contribution in [3.05, 3.63) is 0 Å². The van der Waals surface area contributed by atoms with Crippen LogP contribution in [0.15, 0.2) is 0 Å². The van der Waals surface area contributed by atoms with E-state index in [0.717, 1.165) is 0 Å². The minimum absolute atomic E-state index is 0. The van der Waals surface area contributed by atoms with E-state index in [9.17, 15) is 24.9 Å². The van der Waals surface area contributed by atoms with E-state index in [4.69, 9.17) is 33.2 Å². The lowest BCUT2D eigenvalue weighted by molar-refractivity contribution is -0.466. The fourth-order valence-corrected chi connectivity index (χ4v) is 3.27. The van der Waals surface area contributed by atoms with Crippen LogP contribution in [0.4, 0.5) is 0 Å². The summed E-state index contributed by atoms with van der Waals surface area (Å²) in [4.78, 5) is 22.3. The van der Waals surface area contributed by atoms with Gasteiger partial charge < -0.3 is 53.8 Å². The second-order valence-corrected chi connectivity index (χ2v) is 6.38. The third-order valence-corrected chi connectivity index (χ3v) is 4.50. The number of aliphatic hydroxyl groups is 2. The molecule has 0 bridgehead atoms. The van der Waals surface area contributed by atoms with Crippen LogP contribution >= 0.6 is 0 Å². The van der Waals surface area contributed by atoms with Crippen molar-refractivity contribution in [1.82, 2.24) is 5.32 Å². The van der Waals surface area contributed by atoms with E-state index in [2.05, 4.69) is 5.32 Å². The molecule has 0 spiro atoms. The van der Waals surface area contributed by atoms with Gasteiger partial charge in [0.2, 0.25) is 12.2 Å². The van der Waals surface area contributed by atoms with Gasteiger partial charge in [-0.25, -0.2) is 0 Å². The molecule has 13 heteroatoms. The summed E-state index contributed by atoms with van der Waals surface area (Å²) in [6.07, 6.45) is -9.84. The summed E-state index contributed by atoms with van der Waals surface area (Å²) in [5.41, 5.74) is 0. The zero-order valence-electron chi connectivity index (χ0n) is 16.2. The van der Waals surface area contributed by atoms with Crippen molar-refractivity contribution in [2.75, 3.05) is 21.0 Å². The van der Waals surface area contributed by atoms with Crippen LogP contribution in [0.5, 0.6) is 0 Å². The summed E-state index contributed by atoms with van der Waals surface area (Å²) in [5, 5.41) is 34.2. The summed E-state index contributed by atoms with van der Waals surface area (Å²) in [7, 11) is 2.60. The number of carbonyl (C=O) groups excluding carboxylic acids is 2. The van der Waals surface area contributed by atoms with E-state index in [-0.39, 0.29) is 14.3 Å². The lowest BCUT2D eigenvalue weighted by Crippen LogP contribution is -2.66. The fraction of sp³-hybridized carbons (Fsp3) is 0.875. The van der Waals surface area contributed by atoms with Crippen LogP contribution in [0.2, 0.25) is 0 Å². The Hall–Kier alpha value is -1.42. The molecule has 3 N–H and O–H groups in total. The minimum Gasteiger partial charge on any atom is -0.834 e. The van der Waals surface area contributed by atoms with Gasteiger partial charge in [-0.05, 0) is 6.79 Å². The van der Waals surface area contributed by atoms with Gasteiger partial charge in [-0.3, -0.25) is 9.59 Å². The van der Waals surface area contributed by atoms with Crippen LogP contribution in [0.1, 0.15) is 14.8 Å². The van der Waals surface area contributed by atoms with E-state index < -0.39 is 68.3 Å². The molecule has 1 amide bonds. The molecule has 2 heterocycles. The Bertz CT molecular complexity index is 542. The van der Waals surface area contributed by atoms with Crippen LogP contribution in [-0.2, 0) is 42.7 Å². The molecule has 0 aromatic heterocycles. The number of nitrogens with one attached hydrogen (secondary N) is 1. The standard InChI is InChI=1S/C16H26NO12.H2/c1-7(20)17-10-13(11(22)15(25-5-18)29-14(10)24-3)27-9-4-8(21)12(23-2)16(28-9)26-6-19;/h5,8-16,21-22H,4,6H2,1-3H3,(H,17,20);1H/q-1;/t8?,9?,10-,11-,12-,13?,14?,15?,16?;/m0./s1. The molecular formula is C16H28NO12-. The third-order valence-electron chi connectivity index (χ3n) is 4.50.